The lowest BCUT2D eigenvalue weighted by molar-refractivity contribution is -0.136. The number of aliphatic hydroxyl groups excluding tert-OH is 1. The molecule has 28 heavy (non-hydrogen) atoms. The molecule has 1 fully saturated rings. The Morgan fingerprint density at radius 3 is 2.89 bits per heavy atom. The number of hydrogen-bond acceptors (Lipinski definition) is 6. The summed E-state index contributed by atoms with van der Waals surface area (Å²) < 4.78 is 8.06. The van der Waals surface area contributed by atoms with E-state index >= 15 is 0 Å². The minimum Gasteiger partial charge on any atom is -0.394 e. The predicted molar refractivity (Wildman–Crippen MR) is 105 cm³/mol. The molecule has 2 bridgehead atoms. The molecule has 158 valence electrons. The van der Waals surface area contributed by atoms with Crippen molar-refractivity contribution < 1.29 is 14.6 Å². The van der Waals surface area contributed by atoms with Crippen molar-refractivity contribution >= 4 is 5.91 Å². The summed E-state index contributed by atoms with van der Waals surface area (Å²) in [5, 5.41) is 18.0. The van der Waals surface area contributed by atoms with Gasteiger partial charge in [-0.05, 0) is 39.2 Å². The first-order valence-corrected chi connectivity index (χ1v) is 10.6. The molecular formula is C20H35N5O3. The third kappa shape index (κ3) is 5.99. The average Bonchev–Trinajstić information content (AvgIpc) is 3.36. The van der Waals surface area contributed by atoms with Crippen molar-refractivity contribution in [2.45, 2.75) is 64.8 Å². The van der Waals surface area contributed by atoms with Crippen molar-refractivity contribution in [3.63, 3.8) is 0 Å². The lowest BCUT2D eigenvalue weighted by atomic mass is 10.0. The van der Waals surface area contributed by atoms with E-state index in [-0.39, 0.29) is 30.6 Å². The molecule has 0 saturated heterocycles. The van der Waals surface area contributed by atoms with Crippen LogP contribution in [0.1, 0.15) is 45.2 Å². The standard InChI is InChI=1S/C20H35N5O3/c1-15-9-25(16(2)13-26)20(27)5-4-8-24-11-18(21-22-24)14-28-19(15)12-23(3)10-17-6-7-17/h11,15-17,19,26H,4-10,12-14H2,1-3H3/t15-,16+,19+/m1/s1. The van der Waals surface area contributed by atoms with Crippen LogP contribution in [-0.2, 0) is 22.7 Å². The molecule has 1 saturated carbocycles. The van der Waals surface area contributed by atoms with Crippen LogP contribution in [-0.4, -0.2) is 81.2 Å². The molecule has 0 unspecified atom stereocenters. The molecule has 0 radical (unpaired) electrons. The van der Waals surface area contributed by atoms with Crippen molar-refractivity contribution in [2.24, 2.45) is 11.8 Å². The molecule has 1 aliphatic heterocycles. The predicted octanol–water partition coefficient (Wildman–Crippen LogP) is 1.14. The van der Waals surface area contributed by atoms with Crippen LogP contribution in [0.5, 0.6) is 0 Å². The second-order valence-corrected chi connectivity index (χ2v) is 8.65. The Hall–Kier alpha value is -1.51. The number of aromatic nitrogens is 3. The molecule has 1 aromatic rings. The zero-order valence-corrected chi connectivity index (χ0v) is 17.5. The highest BCUT2D eigenvalue weighted by Crippen LogP contribution is 2.29. The van der Waals surface area contributed by atoms with Gasteiger partial charge in [0.05, 0.1) is 31.6 Å². The number of fused-ring (bicyclic) bond motifs is 2. The minimum absolute atomic E-state index is 0.0177. The van der Waals surface area contributed by atoms with Gasteiger partial charge in [0.25, 0.3) is 0 Å². The summed E-state index contributed by atoms with van der Waals surface area (Å²) in [6.45, 7) is 7.60. The van der Waals surface area contributed by atoms with Crippen molar-refractivity contribution in [3.8, 4) is 0 Å². The van der Waals surface area contributed by atoms with Crippen LogP contribution in [0.3, 0.4) is 0 Å². The topological polar surface area (TPSA) is 83.7 Å². The van der Waals surface area contributed by atoms with Gasteiger partial charge in [-0.25, -0.2) is 0 Å². The maximum absolute atomic E-state index is 12.8. The molecule has 1 amide bonds. The Bertz CT molecular complexity index is 633. The molecule has 2 aliphatic rings. The van der Waals surface area contributed by atoms with E-state index in [0.29, 0.717) is 32.5 Å². The van der Waals surface area contributed by atoms with Gasteiger partial charge < -0.3 is 19.6 Å². The number of rotatable bonds is 6. The molecule has 0 spiro atoms. The van der Waals surface area contributed by atoms with Crippen molar-refractivity contribution in [1.82, 2.24) is 24.8 Å². The molecule has 3 rings (SSSR count). The number of carbonyl (C=O) groups excluding carboxylic acids is 1. The Morgan fingerprint density at radius 1 is 1.39 bits per heavy atom. The number of aryl methyl sites for hydroxylation is 1. The van der Waals surface area contributed by atoms with Crippen LogP contribution in [0.15, 0.2) is 6.20 Å². The van der Waals surface area contributed by atoms with E-state index in [9.17, 15) is 9.90 Å². The highest BCUT2D eigenvalue weighted by atomic mass is 16.5. The van der Waals surface area contributed by atoms with E-state index in [0.717, 1.165) is 24.7 Å². The Balaban J connectivity index is 1.74. The lowest BCUT2D eigenvalue weighted by Crippen LogP contribution is -2.47. The van der Waals surface area contributed by atoms with Crippen LogP contribution < -0.4 is 0 Å². The molecule has 8 heteroatoms. The molecule has 0 aromatic carbocycles. The maximum Gasteiger partial charge on any atom is 0.222 e. The molecule has 1 N–H and O–H groups in total. The average molecular weight is 394 g/mol. The second-order valence-electron chi connectivity index (χ2n) is 8.65. The normalized spacial score (nSPS) is 25.9. The maximum atomic E-state index is 12.8. The number of likely N-dealkylation sites (N-methyl/N-ethyl adjacent to an activating group) is 1. The summed E-state index contributed by atoms with van der Waals surface area (Å²) in [4.78, 5) is 17.0. The highest BCUT2D eigenvalue weighted by Gasteiger charge is 2.29. The summed E-state index contributed by atoms with van der Waals surface area (Å²) in [5.41, 5.74) is 0.827. The first-order chi connectivity index (χ1) is 13.5. The monoisotopic (exact) mass is 393 g/mol. The minimum atomic E-state index is -0.192. The van der Waals surface area contributed by atoms with E-state index in [1.165, 1.54) is 12.8 Å². The fraction of sp³-hybridized carbons (Fsp3) is 0.850. The van der Waals surface area contributed by atoms with Crippen molar-refractivity contribution in [2.75, 3.05) is 33.3 Å². The van der Waals surface area contributed by atoms with Gasteiger partial charge in [0.1, 0.15) is 5.69 Å². The van der Waals surface area contributed by atoms with Gasteiger partial charge in [-0.15, -0.1) is 5.10 Å². The molecular weight excluding hydrogens is 358 g/mol. The Labute approximate surface area is 167 Å². The Morgan fingerprint density at radius 2 is 2.18 bits per heavy atom. The largest absolute Gasteiger partial charge is 0.394 e. The van der Waals surface area contributed by atoms with Gasteiger partial charge in [0.15, 0.2) is 0 Å². The smallest absolute Gasteiger partial charge is 0.222 e. The first kappa shape index (κ1) is 21.2. The first-order valence-electron chi connectivity index (χ1n) is 10.6. The van der Waals surface area contributed by atoms with E-state index in [4.69, 9.17) is 4.74 Å². The van der Waals surface area contributed by atoms with Gasteiger partial charge in [0, 0.05) is 38.5 Å². The number of hydrogen-bond donors (Lipinski definition) is 1. The highest BCUT2D eigenvalue weighted by molar-refractivity contribution is 5.76. The van der Waals surface area contributed by atoms with Crippen molar-refractivity contribution in [1.29, 1.82) is 0 Å². The van der Waals surface area contributed by atoms with Gasteiger partial charge in [-0.2, -0.15) is 0 Å². The third-order valence-electron chi connectivity index (χ3n) is 5.80. The van der Waals surface area contributed by atoms with E-state index in [1.54, 1.807) is 4.68 Å². The lowest BCUT2D eigenvalue weighted by Gasteiger charge is -2.35. The van der Waals surface area contributed by atoms with E-state index in [1.807, 2.05) is 18.0 Å². The summed E-state index contributed by atoms with van der Waals surface area (Å²) in [5.74, 6) is 1.05. The van der Waals surface area contributed by atoms with E-state index < -0.39 is 0 Å². The molecule has 2 heterocycles. The summed E-state index contributed by atoms with van der Waals surface area (Å²) in [6, 6.07) is -0.192. The molecule has 8 nitrogen and oxygen atoms in total. The van der Waals surface area contributed by atoms with Crippen LogP contribution in [0.2, 0.25) is 0 Å². The molecule has 3 atom stereocenters. The molecule has 1 aliphatic carbocycles. The fourth-order valence-corrected chi connectivity index (χ4v) is 3.82. The number of nitrogens with zero attached hydrogens (tertiary/aromatic N) is 5. The van der Waals surface area contributed by atoms with Gasteiger partial charge in [0.2, 0.25) is 5.91 Å². The third-order valence-corrected chi connectivity index (χ3v) is 5.80. The van der Waals surface area contributed by atoms with E-state index in [2.05, 4.69) is 29.2 Å². The SMILES string of the molecule is C[C@@H]1CN([C@@H](C)CO)C(=O)CCCn2cc(nn2)CO[C@H]1CN(C)CC1CC1. The second kappa shape index (κ2) is 9.80. The quantitative estimate of drug-likeness (QED) is 0.780. The number of ether oxygens (including phenoxy) is 1. The fourth-order valence-electron chi connectivity index (χ4n) is 3.82. The van der Waals surface area contributed by atoms with Crippen LogP contribution in [0.25, 0.3) is 0 Å². The van der Waals surface area contributed by atoms with Gasteiger partial charge in [-0.1, -0.05) is 12.1 Å². The zero-order chi connectivity index (χ0) is 20.1. The number of amides is 1. The summed E-state index contributed by atoms with van der Waals surface area (Å²) in [6.07, 6.45) is 5.69. The number of aliphatic hydroxyl groups is 1. The van der Waals surface area contributed by atoms with Gasteiger partial charge in [-0.3, -0.25) is 9.48 Å². The molecule has 1 aromatic heterocycles. The zero-order valence-electron chi connectivity index (χ0n) is 17.5. The van der Waals surface area contributed by atoms with Gasteiger partial charge >= 0.3 is 0 Å². The summed E-state index contributed by atoms with van der Waals surface area (Å²) in [7, 11) is 2.14. The Kier molecular flexibility index (Phi) is 7.42. The van der Waals surface area contributed by atoms with Crippen LogP contribution in [0.4, 0.5) is 0 Å². The van der Waals surface area contributed by atoms with Crippen LogP contribution in [0, 0.1) is 11.8 Å². The van der Waals surface area contributed by atoms with Crippen molar-refractivity contribution in [3.05, 3.63) is 11.9 Å². The van der Waals surface area contributed by atoms with Crippen LogP contribution >= 0.6 is 0 Å². The summed E-state index contributed by atoms with van der Waals surface area (Å²) >= 11 is 0. The number of carbonyl (C=O) groups is 1.